The fourth-order valence-electron chi connectivity index (χ4n) is 2.21. The summed E-state index contributed by atoms with van der Waals surface area (Å²) in [6.07, 6.45) is 10.7. The van der Waals surface area contributed by atoms with E-state index in [2.05, 4.69) is 20.8 Å². The molecule has 0 aliphatic heterocycles. The molecule has 0 aliphatic carbocycles. The van der Waals surface area contributed by atoms with E-state index < -0.39 is 0 Å². The summed E-state index contributed by atoms with van der Waals surface area (Å²) in [6, 6.07) is 0. The van der Waals surface area contributed by atoms with Crippen molar-refractivity contribution in [1.82, 2.24) is 0 Å². The molecule has 0 heterocycles. The number of rotatable bonds is 10. The molecule has 0 amide bonds. The van der Waals surface area contributed by atoms with Crippen molar-refractivity contribution < 1.29 is 5.11 Å². The standard InChI is InChI=1S/C15H29O.Sn.3H/c1-4-7-10-12-14(11-8-5-2)15(16)13-9-6-3;;;;/h15-16H,4-11,13H2,1-3H3;;;;. The summed E-state index contributed by atoms with van der Waals surface area (Å²) in [5.74, 6) is 0. The third-order valence-corrected chi connectivity index (χ3v) is 6.75. The molecule has 102 valence electrons. The molecule has 0 fully saturated rings. The zero-order chi connectivity index (χ0) is 13.1. The quantitative estimate of drug-likeness (QED) is 0.600. The normalized spacial score (nSPS) is 14.8. The van der Waals surface area contributed by atoms with Gasteiger partial charge in [-0.05, 0) is 0 Å². The van der Waals surface area contributed by atoms with Crippen molar-refractivity contribution in [2.75, 3.05) is 0 Å². The fourth-order valence-corrected chi connectivity index (χ4v) is 4.88. The van der Waals surface area contributed by atoms with Crippen LogP contribution in [0.5, 0.6) is 0 Å². The maximum absolute atomic E-state index is 10.3. The molecule has 0 aromatic carbocycles. The van der Waals surface area contributed by atoms with Crippen molar-refractivity contribution in [2.45, 2.75) is 84.7 Å². The van der Waals surface area contributed by atoms with Crippen molar-refractivity contribution in [3.8, 4) is 0 Å². The van der Waals surface area contributed by atoms with Gasteiger partial charge in [0.25, 0.3) is 0 Å². The van der Waals surface area contributed by atoms with Gasteiger partial charge in [-0.2, -0.15) is 0 Å². The van der Waals surface area contributed by atoms with E-state index in [1.165, 1.54) is 44.1 Å². The molecule has 17 heavy (non-hydrogen) atoms. The molecule has 0 aliphatic rings. The van der Waals surface area contributed by atoms with E-state index in [0.717, 1.165) is 19.3 Å². The number of aliphatic hydroxyl groups excluding tert-OH is 1. The maximum atomic E-state index is 10.3. The first kappa shape index (κ1) is 17.5. The second-order valence-electron chi connectivity index (χ2n) is 5.17. The topological polar surface area (TPSA) is 20.2 Å². The molecule has 0 saturated carbocycles. The molecule has 0 spiro atoms. The molecular weight excluding hydrogens is 315 g/mol. The van der Waals surface area contributed by atoms with Crippen LogP contribution in [-0.4, -0.2) is 33.7 Å². The molecule has 1 unspecified atom stereocenters. The van der Waals surface area contributed by atoms with Gasteiger partial charge >= 0.3 is 121 Å². The Labute approximate surface area is 121 Å². The Morgan fingerprint density at radius 1 is 0.941 bits per heavy atom. The monoisotopic (exact) mass is 348 g/mol. The Kier molecular flexibility index (Phi) is 11.9. The Morgan fingerprint density at radius 3 is 2.00 bits per heavy atom. The van der Waals surface area contributed by atoms with Crippen LogP contribution in [0.15, 0.2) is 9.16 Å². The number of hydrogen-bond donors (Lipinski definition) is 1. The van der Waals surface area contributed by atoms with E-state index in [9.17, 15) is 5.11 Å². The molecule has 0 saturated heterocycles. The van der Waals surface area contributed by atoms with Crippen LogP contribution < -0.4 is 0 Å². The molecule has 0 bridgehead atoms. The second-order valence-corrected chi connectivity index (χ2v) is 8.62. The van der Waals surface area contributed by atoms with Crippen LogP contribution in [-0.2, 0) is 0 Å². The van der Waals surface area contributed by atoms with E-state index in [4.69, 9.17) is 0 Å². The summed E-state index contributed by atoms with van der Waals surface area (Å²) < 4.78 is 1.66. The van der Waals surface area contributed by atoms with E-state index >= 15 is 0 Å². The molecule has 0 radical (unpaired) electrons. The Morgan fingerprint density at radius 2 is 1.47 bits per heavy atom. The summed E-state index contributed by atoms with van der Waals surface area (Å²) in [7, 11) is 0. The van der Waals surface area contributed by atoms with Crippen molar-refractivity contribution in [1.29, 1.82) is 0 Å². The molecular formula is C15H32OSn. The van der Waals surface area contributed by atoms with Crippen LogP contribution in [0.25, 0.3) is 0 Å². The Balaban J connectivity index is 4.47. The van der Waals surface area contributed by atoms with Crippen molar-refractivity contribution in [3.05, 3.63) is 9.16 Å². The second kappa shape index (κ2) is 11.6. The number of hydrogen-bond acceptors (Lipinski definition) is 1. The third-order valence-electron chi connectivity index (χ3n) is 3.49. The number of aliphatic hydroxyl groups is 1. The third kappa shape index (κ3) is 8.25. The summed E-state index contributed by atoms with van der Waals surface area (Å²) in [6.45, 7) is 6.69. The fraction of sp³-hybridized carbons (Fsp3) is 0.867. The van der Waals surface area contributed by atoms with E-state index in [0.29, 0.717) is 22.5 Å². The van der Waals surface area contributed by atoms with Crippen LogP contribution in [0.2, 0.25) is 0 Å². The number of allylic oxidation sites excluding steroid dienone is 1. The average molecular weight is 347 g/mol. The van der Waals surface area contributed by atoms with Gasteiger partial charge < -0.3 is 0 Å². The van der Waals surface area contributed by atoms with Crippen LogP contribution in [0.3, 0.4) is 0 Å². The van der Waals surface area contributed by atoms with E-state index in [1.54, 1.807) is 3.59 Å². The summed E-state index contributed by atoms with van der Waals surface area (Å²) in [5.41, 5.74) is 1.43. The SMILES string of the molecule is CCCC/[C]([SnH3])=C(/CCCC)C(O)CCCC. The summed E-state index contributed by atoms with van der Waals surface area (Å²) in [4.78, 5) is 0. The first-order valence-corrected chi connectivity index (χ1v) is 10.4. The molecule has 2 heteroatoms. The molecule has 1 nitrogen and oxygen atoms in total. The van der Waals surface area contributed by atoms with Crippen molar-refractivity contribution in [3.63, 3.8) is 0 Å². The zero-order valence-corrected chi connectivity index (χ0v) is 18.1. The molecule has 1 atom stereocenters. The average Bonchev–Trinajstić information content (AvgIpc) is 2.34. The summed E-state index contributed by atoms with van der Waals surface area (Å²) in [5, 5.41) is 10.3. The van der Waals surface area contributed by atoms with Gasteiger partial charge in [0.1, 0.15) is 0 Å². The predicted octanol–water partition coefficient (Wildman–Crippen LogP) is 3.54. The number of unbranched alkanes of at least 4 members (excludes halogenated alkanes) is 3. The van der Waals surface area contributed by atoms with Crippen molar-refractivity contribution >= 4 is 22.5 Å². The van der Waals surface area contributed by atoms with Gasteiger partial charge in [0.05, 0.1) is 0 Å². The van der Waals surface area contributed by atoms with E-state index in [1.807, 2.05) is 0 Å². The van der Waals surface area contributed by atoms with Gasteiger partial charge in [-0.1, -0.05) is 0 Å². The predicted molar refractivity (Wildman–Crippen MR) is 81.5 cm³/mol. The van der Waals surface area contributed by atoms with Gasteiger partial charge in [0, 0.05) is 0 Å². The minimum absolute atomic E-state index is 0.130. The molecule has 0 aromatic heterocycles. The van der Waals surface area contributed by atoms with Crippen LogP contribution in [0, 0.1) is 0 Å². The first-order valence-electron chi connectivity index (χ1n) is 7.53. The van der Waals surface area contributed by atoms with Crippen LogP contribution in [0.1, 0.15) is 78.6 Å². The van der Waals surface area contributed by atoms with Gasteiger partial charge in [-0.15, -0.1) is 0 Å². The van der Waals surface area contributed by atoms with Gasteiger partial charge in [0.15, 0.2) is 0 Å². The Hall–Kier alpha value is 0.499. The van der Waals surface area contributed by atoms with Gasteiger partial charge in [0.2, 0.25) is 0 Å². The van der Waals surface area contributed by atoms with Crippen LogP contribution in [0.4, 0.5) is 0 Å². The Bertz CT molecular complexity index is 211. The van der Waals surface area contributed by atoms with Gasteiger partial charge in [-0.3, -0.25) is 0 Å². The minimum atomic E-state index is -0.130. The van der Waals surface area contributed by atoms with Crippen molar-refractivity contribution in [2.24, 2.45) is 0 Å². The van der Waals surface area contributed by atoms with Gasteiger partial charge in [-0.25, -0.2) is 0 Å². The molecule has 1 N–H and O–H groups in total. The van der Waals surface area contributed by atoms with Crippen LogP contribution >= 0.6 is 0 Å². The first-order chi connectivity index (χ1) is 8.17. The zero-order valence-electron chi connectivity index (χ0n) is 12.4. The summed E-state index contributed by atoms with van der Waals surface area (Å²) >= 11 is 0.572. The molecule has 0 aromatic rings. The van der Waals surface area contributed by atoms with E-state index in [-0.39, 0.29) is 6.10 Å². The molecule has 0 rings (SSSR count).